The number of aromatic nitrogens is 1. The van der Waals surface area contributed by atoms with E-state index in [1.807, 2.05) is 0 Å². The summed E-state index contributed by atoms with van der Waals surface area (Å²) in [6, 6.07) is 6.66. The second-order valence-electron chi connectivity index (χ2n) is 6.27. The van der Waals surface area contributed by atoms with Gasteiger partial charge in [0.25, 0.3) is 5.91 Å². The molecule has 0 saturated carbocycles. The van der Waals surface area contributed by atoms with Crippen molar-refractivity contribution in [2.24, 2.45) is 5.92 Å². The maximum Gasteiger partial charge on any atom is 0.273 e. The fraction of sp³-hybridized carbons (Fsp3) is 0.444. The SMILES string of the molecule is Cl.O=C(NCCC1CCCNC1)c1cc(COc2c(Cl)cccc2Cl)on1. The number of para-hydroxylation sites is 1. The van der Waals surface area contributed by atoms with E-state index < -0.39 is 0 Å². The molecular weight excluding hydrogens is 413 g/mol. The van der Waals surface area contributed by atoms with Crippen LogP contribution in [0.4, 0.5) is 0 Å². The van der Waals surface area contributed by atoms with Gasteiger partial charge in [0, 0.05) is 12.6 Å². The average Bonchev–Trinajstić information content (AvgIpc) is 3.11. The topological polar surface area (TPSA) is 76.4 Å². The molecule has 148 valence electrons. The van der Waals surface area contributed by atoms with Gasteiger partial charge in [-0.2, -0.15) is 0 Å². The minimum atomic E-state index is -0.250. The molecule has 1 aromatic heterocycles. The molecule has 0 aliphatic carbocycles. The van der Waals surface area contributed by atoms with Crippen molar-refractivity contribution in [3.05, 3.63) is 45.8 Å². The van der Waals surface area contributed by atoms with Crippen LogP contribution in [0.1, 0.15) is 35.5 Å². The van der Waals surface area contributed by atoms with Crippen molar-refractivity contribution >= 4 is 41.5 Å². The molecule has 2 aromatic rings. The lowest BCUT2D eigenvalue weighted by atomic mass is 9.96. The Morgan fingerprint density at radius 1 is 1.37 bits per heavy atom. The number of ether oxygens (including phenoxy) is 1. The van der Waals surface area contributed by atoms with Crippen molar-refractivity contribution in [3.63, 3.8) is 0 Å². The first-order valence-electron chi connectivity index (χ1n) is 8.65. The van der Waals surface area contributed by atoms with E-state index in [1.54, 1.807) is 24.3 Å². The third kappa shape index (κ3) is 6.28. The number of halogens is 3. The lowest BCUT2D eigenvalue weighted by molar-refractivity contribution is 0.0941. The number of nitrogens with zero attached hydrogens (tertiary/aromatic N) is 1. The minimum Gasteiger partial charge on any atom is -0.482 e. The van der Waals surface area contributed by atoms with Crippen molar-refractivity contribution in [1.82, 2.24) is 15.8 Å². The lowest BCUT2D eigenvalue weighted by Gasteiger charge is -2.22. The zero-order chi connectivity index (χ0) is 18.4. The van der Waals surface area contributed by atoms with Crippen LogP contribution < -0.4 is 15.4 Å². The first-order valence-corrected chi connectivity index (χ1v) is 9.40. The summed E-state index contributed by atoms with van der Waals surface area (Å²) in [5.41, 5.74) is 0.232. The van der Waals surface area contributed by atoms with Crippen LogP contribution >= 0.6 is 35.6 Å². The summed E-state index contributed by atoms with van der Waals surface area (Å²) in [5.74, 6) is 1.16. The molecule has 27 heavy (non-hydrogen) atoms. The average molecular weight is 435 g/mol. The molecule has 1 amide bonds. The van der Waals surface area contributed by atoms with E-state index in [-0.39, 0.29) is 30.6 Å². The molecule has 1 saturated heterocycles. The van der Waals surface area contributed by atoms with Crippen molar-refractivity contribution in [2.45, 2.75) is 25.9 Å². The fourth-order valence-electron chi connectivity index (χ4n) is 2.90. The zero-order valence-electron chi connectivity index (χ0n) is 14.7. The molecule has 1 aliphatic heterocycles. The fourth-order valence-corrected chi connectivity index (χ4v) is 3.41. The highest BCUT2D eigenvalue weighted by atomic mass is 35.5. The monoisotopic (exact) mass is 433 g/mol. The quantitative estimate of drug-likeness (QED) is 0.686. The molecule has 3 rings (SSSR count). The molecule has 1 aliphatic rings. The summed E-state index contributed by atoms with van der Waals surface area (Å²) in [6.07, 6.45) is 3.36. The van der Waals surface area contributed by atoms with Crippen LogP contribution in [0.25, 0.3) is 0 Å². The maximum absolute atomic E-state index is 12.1. The zero-order valence-corrected chi connectivity index (χ0v) is 17.0. The van der Waals surface area contributed by atoms with Gasteiger partial charge in [-0.05, 0) is 50.4 Å². The van der Waals surface area contributed by atoms with Crippen molar-refractivity contribution in [3.8, 4) is 5.75 Å². The lowest BCUT2D eigenvalue weighted by Crippen LogP contribution is -2.33. The summed E-state index contributed by atoms with van der Waals surface area (Å²) < 4.78 is 10.7. The normalized spacial score (nSPS) is 16.4. The van der Waals surface area contributed by atoms with Crippen LogP contribution in [-0.4, -0.2) is 30.7 Å². The summed E-state index contributed by atoms with van der Waals surface area (Å²) in [6.45, 7) is 2.81. The number of rotatable bonds is 7. The number of carbonyl (C=O) groups excluding carboxylic acids is 1. The summed E-state index contributed by atoms with van der Waals surface area (Å²) >= 11 is 12.1. The number of nitrogens with one attached hydrogen (secondary N) is 2. The molecule has 2 N–H and O–H groups in total. The second kappa shape index (κ2) is 10.8. The van der Waals surface area contributed by atoms with E-state index in [2.05, 4.69) is 15.8 Å². The molecule has 0 spiro atoms. The molecule has 2 heterocycles. The second-order valence-corrected chi connectivity index (χ2v) is 7.09. The van der Waals surface area contributed by atoms with Gasteiger partial charge < -0.3 is 19.9 Å². The Hall–Kier alpha value is -1.47. The Kier molecular flexibility index (Phi) is 8.70. The van der Waals surface area contributed by atoms with Gasteiger partial charge in [0.05, 0.1) is 10.0 Å². The summed E-state index contributed by atoms with van der Waals surface area (Å²) in [7, 11) is 0. The first kappa shape index (κ1) is 21.8. The molecule has 6 nitrogen and oxygen atoms in total. The predicted octanol–water partition coefficient (Wildman–Crippen LogP) is 4.10. The Bertz CT molecular complexity index is 728. The third-order valence-electron chi connectivity index (χ3n) is 4.31. The Labute approximate surface area is 174 Å². The Balaban J connectivity index is 0.00000261. The molecule has 9 heteroatoms. The minimum absolute atomic E-state index is 0. The van der Waals surface area contributed by atoms with E-state index in [9.17, 15) is 4.79 Å². The van der Waals surface area contributed by atoms with Crippen molar-refractivity contribution in [1.29, 1.82) is 0 Å². The number of benzene rings is 1. The van der Waals surface area contributed by atoms with Gasteiger partial charge >= 0.3 is 0 Å². The van der Waals surface area contributed by atoms with Gasteiger partial charge in [0.2, 0.25) is 0 Å². The van der Waals surface area contributed by atoms with E-state index in [4.69, 9.17) is 32.5 Å². The van der Waals surface area contributed by atoms with Gasteiger partial charge in [-0.3, -0.25) is 4.79 Å². The highest BCUT2D eigenvalue weighted by Crippen LogP contribution is 2.32. The van der Waals surface area contributed by atoms with Crippen molar-refractivity contribution in [2.75, 3.05) is 19.6 Å². The van der Waals surface area contributed by atoms with E-state index >= 15 is 0 Å². The largest absolute Gasteiger partial charge is 0.482 e. The Morgan fingerprint density at radius 2 is 2.15 bits per heavy atom. The highest BCUT2D eigenvalue weighted by molar-refractivity contribution is 6.37. The van der Waals surface area contributed by atoms with Crippen LogP contribution in [0.5, 0.6) is 5.75 Å². The summed E-state index contributed by atoms with van der Waals surface area (Å²) in [5, 5.41) is 10.9. The van der Waals surface area contributed by atoms with Crippen LogP contribution in [0.2, 0.25) is 10.0 Å². The Morgan fingerprint density at radius 3 is 2.85 bits per heavy atom. The van der Waals surface area contributed by atoms with E-state index in [0.29, 0.717) is 34.0 Å². The first-order chi connectivity index (χ1) is 12.6. The van der Waals surface area contributed by atoms with E-state index in [0.717, 1.165) is 19.5 Å². The number of hydrogen-bond acceptors (Lipinski definition) is 5. The van der Waals surface area contributed by atoms with Gasteiger partial charge in [-0.15, -0.1) is 12.4 Å². The predicted molar refractivity (Wildman–Crippen MR) is 107 cm³/mol. The van der Waals surface area contributed by atoms with Crippen LogP contribution in [0, 0.1) is 5.92 Å². The number of amides is 1. The molecule has 1 unspecified atom stereocenters. The molecule has 1 aromatic carbocycles. The number of hydrogen-bond donors (Lipinski definition) is 2. The van der Waals surface area contributed by atoms with Gasteiger partial charge in [-0.1, -0.05) is 34.4 Å². The molecule has 1 fully saturated rings. The van der Waals surface area contributed by atoms with Gasteiger partial charge in [0.15, 0.2) is 17.2 Å². The molecular formula is C18H22Cl3N3O3. The van der Waals surface area contributed by atoms with Crippen LogP contribution in [0.3, 0.4) is 0 Å². The highest BCUT2D eigenvalue weighted by Gasteiger charge is 2.16. The molecule has 0 radical (unpaired) electrons. The number of piperidine rings is 1. The van der Waals surface area contributed by atoms with Crippen LogP contribution in [-0.2, 0) is 6.61 Å². The third-order valence-corrected chi connectivity index (χ3v) is 4.90. The molecule has 0 bridgehead atoms. The van der Waals surface area contributed by atoms with Gasteiger partial charge in [0.1, 0.15) is 6.61 Å². The van der Waals surface area contributed by atoms with Gasteiger partial charge in [-0.25, -0.2) is 0 Å². The smallest absolute Gasteiger partial charge is 0.273 e. The van der Waals surface area contributed by atoms with Crippen molar-refractivity contribution < 1.29 is 14.1 Å². The molecule has 1 atom stereocenters. The maximum atomic E-state index is 12.1. The van der Waals surface area contributed by atoms with E-state index in [1.165, 1.54) is 12.8 Å². The standard InChI is InChI=1S/C18H21Cl2N3O3.ClH/c19-14-4-1-5-15(20)17(14)25-11-13-9-16(23-26-13)18(24)22-8-6-12-3-2-7-21-10-12;/h1,4-5,9,12,21H,2-3,6-8,10-11H2,(H,22,24);1H. The number of carbonyl (C=O) groups is 1. The summed E-state index contributed by atoms with van der Waals surface area (Å²) in [4.78, 5) is 12.1. The van der Waals surface area contributed by atoms with Crippen LogP contribution in [0.15, 0.2) is 28.8 Å².